The maximum Gasteiger partial charge on any atom is 0.120 e. The second-order valence-corrected chi connectivity index (χ2v) is 6.24. The summed E-state index contributed by atoms with van der Waals surface area (Å²) in [5, 5.41) is 2.05. The van der Waals surface area contributed by atoms with Crippen LogP contribution in [0.4, 0.5) is 0 Å². The molecule has 4 heteroatoms. The van der Waals surface area contributed by atoms with Crippen LogP contribution >= 0.6 is 11.3 Å². The Labute approximate surface area is 128 Å². The number of nitrogens with zero attached hydrogens (tertiary/aromatic N) is 1. The SMILES string of the molecule is CC(C)Oc1cccc(C(N)c2cnc3ccsc3c2)c1. The first-order valence-corrected chi connectivity index (χ1v) is 7.87. The molecule has 1 aromatic carbocycles. The maximum atomic E-state index is 6.38. The second-order valence-electron chi connectivity index (χ2n) is 5.29. The van der Waals surface area contributed by atoms with Gasteiger partial charge in [-0.05, 0) is 54.6 Å². The molecule has 0 amide bonds. The van der Waals surface area contributed by atoms with Crippen molar-refractivity contribution in [2.24, 2.45) is 5.73 Å². The van der Waals surface area contributed by atoms with Crippen LogP contribution in [-0.2, 0) is 0 Å². The molecule has 0 bridgehead atoms. The number of nitrogens with two attached hydrogens (primary N) is 1. The minimum absolute atomic E-state index is 0.153. The zero-order valence-corrected chi connectivity index (χ0v) is 12.9. The van der Waals surface area contributed by atoms with E-state index in [9.17, 15) is 0 Å². The molecule has 3 aromatic rings. The van der Waals surface area contributed by atoms with Crippen molar-refractivity contribution in [1.82, 2.24) is 4.98 Å². The highest BCUT2D eigenvalue weighted by Gasteiger charge is 2.12. The van der Waals surface area contributed by atoms with Crippen molar-refractivity contribution < 1.29 is 4.74 Å². The summed E-state index contributed by atoms with van der Waals surface area (Å²) in [5.74, 6) is 0.850. The molecular weight excluding hydrogens is 280 g/mol. The number of pyridine rings is 1. The molecule has 1 atom stereocenters. The third-order valence-electron chi connectivity index (χ3n) is 3.27. The fraction of sp³-hybridized carbons (Fsp3) is 0.235. The Bertz CT molecular complexity index is 751. The number of hydrogen-bond acceptors (Lipinski definition) is 4. The van der Waals surface area contributed by atoms with Gasteiger partial charge in [-0.25, -0.2) is 0 Å². The van der Waals surface area contributed by atoms with Crippen molar-refractivity contribution in [3.05, 3.63) is 59.1 Å². The van der Waals surface area contributed by atoms with Crippen LogP contribution in [0.2, 0.25) is 0 Å². The van der Waals surface area contributed by atoms with E-state index in [4.69, 9.17) is 10.5 Å². The molecule has 0 spiro atoms. The lowest BCUT2D eigenvalue weighted by Crippen LogP contribution is -2.13. The van der Waals surface area contributed by atoms with Gasteiger partial charge in [0.1, 0.15) is 5.75 Å². The van der Waals surface area contributed by atoms with Crippen molar-refractivity contribution in [3.8, 4) is 5.75 Å². The molecule has 0 fully saturated rings. The molecular formula is C17H18N2OS. The molecule has 108 valence electrons. The molecule has 0 aliphatic rings. The van der Waals surface area contributed by atoms with E-state index in [1.807, 2.05) is 55.8 Å². The van der Waals surface area contributed by atoms with Gasteiger partial charge in [0.15, 0.2) is 0 Å². The molecule has 1 unspecified atom stereocenters. The number of thiophene rings is 1. The standard InChI is InChI=1S/C17H18N2OS/c1-11(2)20-14-5-3-4-12(8-14)17(18)13-9-16-15(19-10-13)6-7-21-16/h3-11,17H,18H2,1-2H3. The van der Waals surface area contributed by atoms with Crippen LogP contribution in [0, 0.1) is 0 Å². The van der Waals surface area contributed by atoms with Gasteiger partial charge in [-0.2, -0.15) is 0 Å². The summed E-state index contributed by atoms with van der Waals surface area (Å²) in [6.45, 7) is 4.03. The largest absolute Gasteiger partial charge is 0.491 e. The van der Waals surface area contributed by atoms with E-state index in [-0.39, 0.29) is 12.1 Å². The van der Waals surface area contributed by atoms with Crippen LogP contribution < -0.4 is 10.5 Å². The Morgan fingerprint density at radius 1 is 1.14 bits per heavy atom. The van der Waals surface area contributed by atoms with Crippen molar-refractivity contribution >= 4 is 21.6 Å². The molecule has 21 heavy (non-hydrogen) atoms. The van der Waals surface area contributed by atoms with Gasteiger partial charge >= 0.3 is 0 Å². The van der Waals surface area contributed by atoms with Crippen molar-refractivity contribution in [2.75, 3.05) is 0 Å². The van der Waals surface area contributed by atoms with Crippen LogP contribution in [0.1, 0.15) is 31.0 Å². The summed E-state index contributed by atoms with van der Waals surface area (Å²) in [7, 11) is 0. The van der Waals surface area contributed by atoms with Gasteiger partial charge in [0.05, 0.1) is 22.4 Å². The molecule has 0 saturated heterocycles. The van der Waals surface area contributed by atoms with Gasteiger partial charge in [0.25, 0.3) is 0 Å². The average Bonchev–Trinajstić information content (AvgIpc) is 2.93. The number of aromatic nitrogens is 1. The van der Waals surface area contributed by atoms with Crippen LogP contribution in [0.3, 0.4) is 0 Å². The molecule has 2 aromatic heterocycles. The molecule has 0 aliphatic heterocycles. The van der Waals surface area contributed by atoms with Crippen molar-refractivity contribution in [2.45, 2.75) is 26.0 Å². The molecule has 2 N–H and O–H groups in total. The minimum Gasteiger partial charge on any atom is -0.491 e. The number of fused-ring (bicyclic) bond motifs is 1. The zero-order chi connectivity index (χ0) is 14.8. The van der Waals surface area contributed by atoms with Crippen molar-refractivity contribution in [3.63, 3.8) is 0 Å². The highest BCUT2D eigenvalue weighted by Crippen LogP contribution is 2.27. The summed E-state index contributed by atoms with van der Waals surface area (Å²) in [6, 6.07) is 11.9. The Balaban J connectivity index is 1.91. The summed E-state index contributed by atoms with van der Waals surface area (Å²) in [5.41, 5.74) is 9.46. The quantitative estimate of drug-likeness (QED) is 0.787. The predicted octanol–water partition coefficient (Wildman–Crippen LogP) is 4.13. The van der Waals surface area contributed by atoms with Gasteiger partial charge in [0.2, 0.25) is 0 Å². The summed E-state index contributed by atoms with van der Waals surface area (Å²) < 4.78 is 6.89. The minimum atomic E-state index is -0.195. The number of benzene rings is 1. The fourth-order valence-electron chi connectivity index (χ4n) is 2.28. The van der Waals surface area contributed by atoms with E-state index in [1.54, 1.807) is 11.3 Å². The lowest BCUT2D eigenvalue weighted by molar-refractivity contribution is 0.242. The second kappa shape index (κ2) is 5.84. The van der Waals surface area contributed by atoms with Crippen molar-refractivity contribution in [1.29, 1.82) is 0 Å². The van der Waals surface area contributed by atoms with Gasteiger partial charge in [-0.3, -0.25) is 4.98 Å². The monoisotopic (exact) mass is 298 g/mol. The third kappa shape index (κ3) is 3.06. The molecule has 2 heterocycles. The third-order valence-corrected chi connectivity index (χ3v) is 4.13. The lowest BCUT2D eigenvalue weighted by Gasteiger charge is -2.15. The first kappa shape index (κ1) is 14.0. The van der Waals surface area contributed by atoms with Crippen LogP contribution in [0.25, 0.3) is 10.2 Å². The topological polar surface area (TPSA) is 48.1 Å². The Hall–Kier alpha value is -1.91. The molecule has 0 aliphatic carbocycles. The van der Waals surface area contributed by atoms with E-state index in [2.05, 4.69) is 11.1 Å². The lowest BCUT2D eigenvalue weighted by atomic mass is 10.0. The average molecular weight is 298 g/mol. The fourth-order valence-corrected chi connectivity index (χ4v) is 3.07. The van der Waals surface area contributed by atoms with Gasteiger partial charge < -0.3 is 10.5 Å². The summed E-state index contributed by atoms with van der Waals surface area (Å²) in [6.07, 6.45) is 2.01. The highest BCUT2D eigenvalue weighted by molar-refractivity contribution is 7.17. The predicted molar refractivity (Wildman–Crippen MR) is 87.9 cm³/mol. The maximum absolute atomic E-state index is 6.38. The Morgan fingerprint density at radius 2 is 2.00 bits per heavy atom. The number of ether oxygens (including phenoxy) is 1. The van der Waals surface area contributed by atoms with Gasteiger partial charge in [0, 0.05) is 6.20 Å². The first-order chi connectivity index (χ1) is 10.1. The smallest absolute Gasteiger partial charge is 0.120 e. The Kier molecular flexibility index (Phi) is 3.90. The van der Waals surface area contributed by atoms with E-state index in [1.165, 1.54) is 0 Å². The molecule has 3 nitrogen and oxygen atoms in total. The Morgan fingerprint density at radius 3 is 2.81 bits per heavy atom. The summed E-state index contributed by atoms with van der Waals surface area (Å²) in [4.78, 5) is 4.46. The van der Waals surface area contributed by atoms with E-state index < -0.39 is 0 Å². The van der Waals surface area contributed by atoms with E-state index in [0.29, 0.717) is 0 Å². The van der Waals surface area contributed by atoms with Crippen LogP contribution in [0.15, 0.2) is 48.0 Å². The highest BCUT2D eigenvalue weighted by atomic mass is 32.1. The van der Waals surface area contributed by atoms with E-state index >= 15 is 0 Å². The van der Waals surface area contributed by atoms with Gasteiger partial charge in [-0.1, -0.05) is 12.1 Å². The number of hydrogen-bond donors (Lipinski definition) is 1. The summed E-state index contributed by atoms with van der Waals surface area (Å²) >= 11 is 1.68. The normalized spacial score (nSPS) is 12.8. The first-order valence-electron chi connectivity index (χ1n) is 6.99. The number of rotatable bonds is 4. The van der Waals surface area contributed by atoms with Crippen LogP contribution in [0.5, 0.6) is 5.75 Å². The van der Waals surface area contributed by atoms with E-state index in [0.717, 1.165) is 27.1 Å². The molecule has 0 saturated carbocycles. The molecule has 3 rings (SSSR count). The zero-order valence-electron chi connectivity index (χ0n) is 12.1. The van der Waals surface area contributed by atoms with Crippen LogP contribution in [-0.4, -0.2) is 11.1 Å². The molecule has 0 radical (unpaired) electrons. The van der Waals surface area contributed by atoms with Gasteiger partial charge in [-0.15, -0.1) is 11.3 Å².